The summed E-state index contributed by atoms with van der Waals surface area (Å²) in [7, 11) is 0. The van der Waals surface area contributed by atoms with Crippen LogP contribution in [0.2, 0.25) is 0 Å². The molecule has 0 aromatic carbocycles. The summed E-state index contributed by atoms with van der Waals surface area (Å²) in [4.78, 5) is 14.5. The summed E-state index contributed by atoms with van der Waals surface area (Å²) in [6.07, 6.45) is 10.0. The molecule has 3 heteroatoms. The lowest BCUT2D eigenvalue weighted by Gasteiger charge is -2.55. The van der Waals surface area contributed by atoms with Gasteiger partial charge in [-0.2, -0.15) is 0 Å². The molecule has 5 rings (SSSR count). The number of aromatic amines is 1. The van der Waals surface area contributed by atoms with E-state index in [1.165, 1.54) is 38.2 Å². The molecule has 1 aromatic heterocycles. The zero-order chi connectivity index (χ0) is 13.7. The highest BCUT2D eigenvalue weighted by atomic mass is 16.4. The van der Waals surface area contributed by atoms with Crippen molar-refractivity contribution in [3.8, 4) is 0 Å². The molecule has 4 fully saturated rings. The highest BCUT2D eigenvalue weighted by molar-refractivity contribution is 5.90. The predicted octanol–water partition coefficient (Wildman–Crippen LogP) is 3.56. The topological polar surface area (TPSA) is 53.1 Å². The molecule has 1 heterocycles. The van der Waals surface area contributed by atoms with E-state index in [-0.39, 0.29) is 0 Å². The Morgan fingerprint density at radius 1 is 1.15 bits per heavy atom. The molecule has 0 amide bonds. The summed E-state index contributed by atoms with van der Waals surface area (Å²) >= 11 is 0. The van der Waals surface area contributed by atoms with E-state index in [1.807, 2.05) is 18.3 Å². The van der Waals surface area contributed by atoms with Gasteiger partial charge in [-0.25, -0.2) is 4.79 Å². The van der Waals surface area contributed by atoms with E-state index in [4.69, 9.17) is 0 Å². The van der Waals surface area contributed by atoms with Crippen molar-refractivity contribution < 1.29 is 9.90 Å². The van der Waals surface area contributed by atoms with Crippen LogP contribution in [0.1, 0.15) is 37.8 Å². The molecule has 106 valence electrons. The van der Waals surface area contributed by atoms with Gasteiger partial charge >= 0.3 is 5.97 Å². The van der Waals surface area contributed by atoms with E-state index < -0.39 is 5.97 Å². The number of hydrogen-bond donors (Lipinski definition) is 2. The van der Waals surface area contributed by atoms with E-state index in [9.17, 15) is 9.90 Å². The summed E-state index contributed by atoms with van der Waals surface area (Å²) in [5, 5.41) is 9.25. The van der Waals surface area contributed by atoms with Gasteiger partial charge in [0, 0.05) is 18.0 Å². The van der Waals surface area contributed by atoms with Crippen LogP contribution in [0.5, 0.6) is 0 Å². The molecule has 20 heavy (non-hydrogen) atoms. The van der Waals surface area contributed by atoms with E-state index in [1.54, 1.807) is 0 Å². The van der Waals surface area contributed by atoms with Crippen LogP contribution in [0.25, 0.3) is 5.57 Å². The predicted molar refractivity (Wildman–Crippen MR) is 76.9 cm³/mol. The highest BCUT2D eigenvalue weighted by Crippen LogP contribution is 2.59. The van der Waals surface area contributed by atoms with Crippen molar-refractivity contribution in [3.63, 3.8) is 0 Å². The molecule has 4 bridgehead atoms. The van der Waals surface area contributed by atoms with E-state index >= 15 is 0 Å². The maximum absolute atomic E-state index is 11.3. The Kier molecular flexibility index (Phi) is 2.76. The summed E-state index contributed by atoms with van der Waals surface area (Å²) < 4.78 is 0. The second-order valence-corrected chi connectivity index (χ2v) is 6.98. The van der Waals surface area contributed by atoms with Crippen LogP contribution in [0, 0.1) is 29.6 Å². The van der Waals surface area contributed by atoms with Crippen molar-refractivity contribution >= 4 is 11.5 Å². The van der Waals surface area contributed by atoms with Gasteiger partial charge in [0.1, 0.15) is 0 Å². The third kappa shape index (κ3) is 1.91. The second-order valence-electron chi connectivity index (χ2n) is 6.98. The molecule has 4 aliphatic rings. The van der Waals surface area contributed by atoms with E-state index in [0.717, 1.165) is 23.1 Å². The molecular formula is C17H21NO2. The zero-order valence-electron chi connectivity index (χ0n) is 11.6. The van der Waals surface area contributed by atoms with Crippen LogP contribution < -0.4 is 0 Å². The smallest absolute Gasteiger partial charge is 0.328 e. The standard InChI is InChI=1S/C17H21NO2/c19-16(20)9-14(15-2-1-3-18-15)17-12-5-10-4-11(7-12)8-13(17)6-10/h1-3,9-13,17-18H,4-8H2,(H,19,20)/b14-9-. The van der Waals surface area contributed by atoms with Crippen molar-refractivity contribution in [1.29, 1.82) is 0 Å². The molecule has 1 aromatic rings. The monoisotopic (exact) mass is 271 g/mol. The number of hydrogen-bond acceptors (Lipinski definition) is 1. The zero-order valence-corrected chi connectivity index (χ0v) is 11.6. The molecule has 2 N–H and O–H groups in total. The van der Waals surface area contributed by atoms with Gasteiger partial charge in [-0.15, -0.1) is 0 Å². The number of rotatable bonds is 3. The Bertz CT molecular complexity index is 515. The minimum atomic E-state index is -0.816. The first kappa shape index (κ1) is 12.2. The molecule has 3 nitrogen and oxygen atoms in total. The largest absolute Gasteiger partial charge is 0.478 e. The van der Waals surface area contributed by atoms with Crippen molar-refractivity contribution in [1.82, 2.24) is 4.98 Å². The third-order valence-electron chi connectivity index (χ3n) is 5.77. The molecular weight excluding hydrogens is 250 g/mol. The first-order valence-corrected chi connectivity index (χ1v) is 7.79. The average Bonchev–Trinajstić information content (AvgIpc) is 2.89. The van der Waals surface area contributed by atoms with Gasteiger partial charge in [-0.05, 0) is 79.4 Å². The number of carboxylic acids is 1. The number of aromatic nitrogens is 1. The number of aliphatic carboxylic acids is 1. The number of nitrogens with one attached hydrogen (secondary N) is 1. The lowest BCUT2D eigenvalue weighted by Crippen LogP contribution is -2.45. The molecule has 0 atom stereocenters. The first-order chi connectivity index (χ1) is 9.70. The minimum absolute atomic E-state index is 0.456. The Morgan fingerprint density at radius 3 is 2.30 bits per heavy atom. The number of allylic oxidation sites excluding steroid dienone is 1. The quantitative estimate of drug-likeness (QED) is 0.826. The summed E-state index contributed by atoms with van der Waals surface area (Å²) in [5.41, 5.74) is 2.04. The lowest BCUT2D eigenvalue weighted by atomic mass is 9.50. The molecule has 4 saturated carbocycles. The second kappa shape index (κ2) is 4.51. The Hall–Kier alpha value is -1.51. The van der Waals surface area contributed by atoms with Gasteiger partial charge in [0.25, 0.3) is 0 Å². The van der Waals surface area contributed by atoms with Gasteiger partial charge in [-0.3, -0.25) is 0 Å². The fourth-order valence-corrected chi connectivity index (χ4v) is 5.43. The Labute approximate surface area is 119 Å². The average molecular weight is 271 g/mol. The van der Waals surface area contributed by atoms with Gasteiger partial charge in [-0.1, -0.05) is 0 Å². The number of carboxylic acid groups (broad SMARTS) is 1. The highest BCUT2D eigenvalue weighted by Gasteiger charge is 2.49. The number of H-pyrrole nitrogens is 1. The SMILES string of the molecule is O=C(O)/C=C(/c1ccc[nH]1)C1C2CC3CC(C2)CC1C3. The van der Waals surface area contributed by atoms with Gasteiger partial charge < -0.3 is 10.1 Å². The fraction of sp³-hybridized carbons (Fsp3) is 0.588. The summed E-state index contributed by atoms with van der Waals surface area (Å²) in [6.45, 7) is 0. The van der Waals surface area contributed by atoms with Crippen molar-refractivity contribution in [2.45, 2.75) is 32.1 Å². The maximum atomic E-state index is 11.3. The van der Waals surface area contributed by atoms with E-state index in [0.29, 0.717) is 17.8 Å². The molecule has 0 aliphatic heterocycles. The lowest BCUT2D eigenvalue weighted by molar-refractivity contribution is -0.131. The third-order valence-corrected chi connectivity index (χ3v) is 5.77. The Balaban J connectivity index is 1.72. The van der Waals surface area contributed by atoms with Crippen LogP contribution in [0.15, 0.2) is 24.4 Å². The van der Waals surface area contributed by atoms with Crippen LogP contribution in [-0.4, -0.2) is 16.1 Å². The molecule has 0 unspecified atom stereocenters. The minimum Gasteiger partial charge on any atom is -0.478 e. The summed E-state index contributed by atoms with van der Waals surface area (Å²) in [5.74, 6) is 2.90. The van der Waals surface area contributed by atoms with Crippen LogP contribution in [0.4, 0.5) is 0 Å². The summed E-state index contributed by atoms with van der Waals surface area (Å²) in [6, 6.07) is 3.97. The molecule has 0 spiro atoms. The van der Waals surface area contributed by atoms with Crippen molar-refractivity contribution in [2.75, 3.05) is 0 Å². The maximum Gasteiger partial charge on any atom is 0.328 e. The van der Waals surface area contributed by atoms with Crippen LogP contribution in [0.3, 0.4) is 0 Å². The first-order valence-electron chi connectivity index (χ1n) is 7.79. The van der Waals surface area contributed by atoms with Crippen molar-refractivity contribution in [2.24, 2.45) is 29.6 Å². The fourth-order valence-electron chi connectivity index (χ4n) is 5.43. The van der Waals surface area contributed by atoms with Crippen molar-refractivity contribution in [3.05, 3.63) is 30.1 Å². The normalized spacial score (nSPS) is 39.2. The molecule has 0 radical (unpaired) electrons. The van der Waals surface area contributed by atoms with Gasteiger partial charge in [0.2, 0.25) is 0 Å². The Morgan fingerprint density at radius 2 is 1.80 bits per heavy atom. The molecule has 4 aliphatic carbocycles. The number of carbonyl (C=O) groups is 1. The van der Waals surface area contributed by atoms with Gasteiger partial charge in [0.15, 0.2) is 0 Å². The van der Waals surface area contributed by atoms with E-state index in [2.05, 4.69) is 4.98 Å². The van der Waals surface area contributed by atoms with Gasteiger partial charge in [0.05, 0.1) is 0 Å². The van der Waals surface area contributed by atoms with Crippen LogP contribution in [-0.2, 0) is 4.79 Å². The molecule has 0 saturated heterocycles. The van der Waals surface area contributed by atoms with Crippen LogP contribution >= 0.6 is 0 Å².